The van der Waals surface area contributed by atoms with Crippen molar-refractivity contribution in [1.82, 2.24) is 10.3 Å². The molecule has 0 fully saturated rings. The Bertz CT molecular complexity index is 628. The van der Waals surface area contributed by atoms with E-state index in [9.17, 15) is 4.79 Å². The van der Waals surface area contributed by atoms with Gasteiger partial charge in [0.2, 0.25) is 0 Å². The summed E-state index contributed by atoms with van der Waals surface area (Å²) in [6.45, 7) is 3.98. The van der Waals surface area contributed by atoms with Gasteiger partial charge in [-0.3, -0.25) is 9.78 Å². The van der Waals surface area contributed by atoms with E-state index in [0.717, 1.165) is 15.8 Å². The molecule has 0 saturated heterocycles. The van der Waals surface area contributed by atoms with Gasteiger partial charge in [0.1, 0.15) is 5.69 Å². The highest BCUT2D eigenvalue weighted by atomic mass is 79.9. The van der Waals surface area contributed by atoms with Crippen molar-refractivity contribution in [3.05, 3.63) is 65.4 Å². The molecule has 1 amide bonds. The van der Waals surface area contributed by atoms with E-state index in [2.05, 4.69) is 38.1 Å². The Balaban J connectivity index is 2.13. The molecule has 1 aromatic heterocycles. The molecule has 4 nitrogen and oxygen atoms in total. The monoisotopic (exact) mass is 331 g/mol. The van der Waals surface area contributed by atoms with Gasteiger partial charge in [-0.25, -0.2) is 0 Å². The molecular weight excluding hydrogens is 318 g/mol. The SMILES string of the molecule is C=CCNC(=O)c1cc(Nc2cccc(Br)c2)ccn1. The van der Waals surface area contributed by atoms with E-state index in [-0.39, 0.29) is 5.91 Å². The molecule has 0 atom stereocenters. The maximum Gasteiger partial charge on any atom is 0.270 e. The number of halogens is 1. The number of anilines is 2. The van der Waals surface area contributed by atoms with Crippen molar-refractivity contribution in [3.63, 3.8) is 0 Å². The minimum Gasteiger partial charge on any atom is -0.355 e. The highest BCUT2D eigenvalue weighted by Gasteiger charge is 2.06. The van der Waals surface area contributed by atoms with E-state index < -0.39 is 0 Å². The first-order chi connectivity index (χ1) is 9.69. The number of benzene rings is 1. The molecule has 0 aliphatic heterocycles. The predicted molar refractivity (Wildman–Crippen MR) is 84.2 cm³/mol. The molecule has 1 heterocycles. The number of amides is 1. The Hall–Kier alpha value is -2.14. The minimum absolute atomic E-state index is 0.220. The third-order valence-electron chi connectivity index (χ3n) is 2.51. The standard InChI is InChI=1S/C15H14BrN3O/c1-2-7-18-15(20)14-10-13(6-8-17-14)19-12-5-3-4-11(16)9-12/h2-6,8-10H,1,7H2,(H,17,19)(H,18,20). The number of pyridine rings is 1. The Morgan fingerprint density at radius 1 is 1.30 bits per heavy atom. The van der Waals surface area contributed by atoms with Crippen LogP contribution in [0.5, 0.6) is 0 Å². The van der Waals surface area contributed by atoms with Gasteiger partial charge in [0.15, 0.2) is 0 Å². The summed E-state index contributed by atoms with van der Waals surface area (Å²) in [6, 6.07) is 11.3. The smallest absolute Gasteiger partial charge is 0.270 e. The molecule has 1 aromatic carbocycles. The fourth-order valence-corrected chi connectivity index (χ4v) is 2.02. The van der Waals surface area contributed by atoms with Crippen LogP contribution < -0.4 is 10.6 Å². The average molecular weight is 332 g/mol. The zero-order valence-corrected chi connectivity index (χ0v) is 12.4. The summed E-state index contributed by atoms with van der Waals surface area (Å²) in [5.74, 6) is -0.220. The van der Waals surface area contributed by atoms with Crippen LogP contribution in [0.3, 0.4) is 0 Å². The number of carbonyl (C=O) groups excluding carboxylic acids is 1. The van der Waals surface area contributed by atoms with E-state index >= 15 is 0 Å². The van der Waals surface area contributed by atoms with Gasteiger partial charge in [0, 0.05) is 28.6 Å². The van der Waals surface area contributed by atoms with Crippen LogP contribution in [0.4, 0.5) is 11.4 Å². The number of nitrogens with one attached hydrogen (secondary N) is 2. The number of carbonyl (C=O) groups is 1. The van der Waals surface area contributed by atoms with Crippen molar-refractivity contribution in [2.45, 2.75) is 0 Å². The number of nitrogens with zero attached hydrogens (tertiary/aromatic N) is 1. The van der Waals surface area contributed by atoms with Gasteiger partial charge in [-0.1, -0.05) is 28.1 Å². The average Bonchev–Trinajstić information content (AvgIpc) is 2.45. The van der Waals surface area contributed by atoms with E-state index in [1.54, 1.807) is 18.3 Å². The van der Waals surface area contributed by atoms with Gasteiger partial charge in [0.25, 0.3) is 5.91 Å². The van der Waals surface area contributed by atoms with Gasteiger partial charge in [-0.2, -0.15) is 0 Å². The molecule has 0 bridgehead atoms. The summed E-state index contributed by atoms with van der Waals surface area (Å²) in [5.41, 5.74) is 2.11. The summed E-state index contributed by atoms with van der Waals surface area (Å²) in [4.78, 5) is 15.9. The Morgan fingerprint density at radius 3 is 2.85 bits per heavy atom. The summed E-state index contributed by atoms with van der Waals surface area (Å²) in [6.07, 6.45) is 3.23. The van der Waals surface area contributed by atoms with Crippen molar-refractivity contribution in [3.8, 4) is 0 Å². The van der Waals surface area contributed by atoms with Crippen LogP contribution in [0.25, 0.3) is 0 Å². The normalized spacial score (nSPS) is 9.85. The minimum atomic E-state index is -0.220. The van der Waals surface area contributed by atoms with Crippen LogP contribution >= 0.6 is 15.9 Å². The fourth-order valence-electron chi connectivity index (χ4n) is 1.62. The van der Waals surface area contributed by atoms with Gasteiger partial charge in [-0.05, 0) is 30.3 Å². The number of hydrogen-bond acceptors (Lipinski definition) is 3. The van der Waals surface area contributed by atoms with Crippen LogP contribution in [0, 0.1) is 0 Å². The molecule has 0 aliphatic carbocycles. The number of aromatic nitrogens is 1. The first-order valence-electron chi connectivity index (χ1n) is 6.07. The predicted octanol–water partition coefficient (Wildman–Crippen LogP) is 3.50. The van der Waals surface area contributed by atoms with Crippen molar-refractivity contribution < 1.29 is 4.79 Å². The van der Waals surface area contributed by atoms with Crippen LogP contribution in [0.15, 0.2) is 59.7 Å². The fraction of sp³-hybridized carbons (Fsp3) is 0.0667. The largest absolute Gasteiger partial charge is 0.355 e. The zero-order chi connectivity index (χ0) is 14.4. The topological polar surface area (TPSA) is 54.0 Å². The third-order valence-corrected chi connectivity index (χ3v) is 3.01. The Labute approximate surface area is 126 Å². The molecule has 0 unspecified atom stereocenters. The molecule has 0 aliphatic rings. The van der Waals surface area contributed by atoms with E-state index in [0.29, 0.717) is 12.2 Å². The van der Waals surface area contributed by atoms with Gasteiger partial charge < -0.3 is 10.6 Å². The Kier molecular flexibility index (Phi) is 4.90. The van der Waals surface area contributed by atoms with E-state index in [1.165, 1.54) is 0 Å². The molecule has 2 N–H and O–H groups in total. The van der Waals surface area contributed by atoms with Crippen molar-refractivity contribution in [1.29, 1.82) is 0 Å². The zero-order valence-electron chi connectivity index (χ0n) is 10.8. The van der Waals surface area contributed by atoms with Gasteiger partial charge in [-0.15, -0.1) is 6.58 Å². The molecule has 2 rings (SSSR count). The molecule has 5 heteroatoms. The molecule has 0 radical (unpaired) electrons. The lowest BCUT2D eigenvalue weighted by Gasteiger charge is -2.08. The lowest BCUT2D eigenvalue weighted by atomic mass is 10.2. The van der Waals surface area contributed by atoms with Gasteiger partial charge >= 0.3 is 0 Å². The number of hydrogen-bond donors (Lipinski definition) is 2. The third kappa shape index (κ3) is 3.93. The second-order valence-electron chi connectivity index (χ2n) is 4.06. The maximum atomic E-state index is 11.8. The molecule has 0 saturated carbocycles. The molecule has 20 heavy (non-hydrogen) atoms. The van der Waals surface area contributed by atoms with Crippen LogP contribution in [-0.2, 0) is 0 Å². The second kappa shape index (κ2) is 6.86. The van der Waals surface area contributed by atoms with E-state index in [1.807, 2.05) is 30.3 Å². The summed E-state index contributed by atoms with van der Waals surface area (Å²) in [5, 5.41) is 5.92. The summed E-state index contributed by atoms with van der Waals surface area (Å²) >= 11 is 3.42. The van der Waals surface area contributed by atoms with Crippen LogP contribution in [0.2, 0.25) is 0 Å². The molecule has 102 valence electrons. The molecule has 2 aromatic rings. The number of rotatable bonds is 5. The quantitative estimate of drug-likeness (QED) is 0.824. The summed E-state index contributed by atoms with van der Waals surface area (Å²) in [7, 11) is 0. The molecule has 0 spiro atoms. The lowest BCUT2D eigenvalue weighted by Crippen LogP contribution is -2.24. The van der Waals surface area contributed by atoms with E-state index in [4.69, 9.17) is 0 Å². The van der Waals surface area contributed by atoms with Crippen molar-refractivity contribution >= 4 is 33.2 Å². The van der Waals surface area contributed by atoms with Crippen molar-refractivity contribution in [2.24, 2.45) is 0 Å². The Morgan fingerprint density at radius 2 is 2.10 bits per heavy atom. The van der Waals surface area contributed by atoms with Crippen molar-refractivity contribution in [2.75, 3.05) is 11.9 Å². The second-order valence-corrected chi connectivity index (χ2v) is 4.98. The highest BCUT2D eigenvalue weighted by molar-refractivity contribution is 9.10. The van der Waals surface area contributed by atoms with Crippen LogP contribution in [0.1, 0.15) is 10.5 Å². The maximum absolute atomic E-state index is 11.8. The summed E-state index contributed by atoms with van der Waals surface area (Å²) < 4.78 is 0.987. The highest BCUT2D eigenvalue weighted by Crippen LogP contribution is 2.20. The first-order valence-corrected chi connectivity index (χ1v) is 6.86. The van der Waals surface area contributed by atoms with Gasteiger partial charge in [0.05, 0.1) is 0 Å². The molecular formula is C15H14BrN3O. The first kappa shape index (κ1) is 14.3. The van der Waals surface area contributed by atoms with Crippen LogP contribution in [-0.4, -0.2) is 17.4 Å². The lowest BCUT2D eigenvalue weighted by molar-refractivity contribution is 0.0953.